The van der Waals surface area contributed by atoms with Crippen LogP contribution in [0, 0.1) is 0 Å². The summed E-state index contributed by atoms with van der Waals surface area (Å²) in [4.78, 5) is 27.0. The molecule has 2 aromatic rings. The van der Waals surface area contributed by atoms with E-state index in [0.29, 0.717) is 42.3 Å². The summed E-state index contributed by atoms with van der Waals surface area (Å²) < 4.78 is 23.1. The second-order valence-electron chi connectivity index (χ2n) is 7.69. The third-order valence-electron chi connectivity index (χ3n) is 5.20. The zero-order chi connectivity index (χ0) is 24.3. The number of rotatable bonds is 12. The number of hydrogen-bond donors (Lipinski definition) is 2. The minimum Gasteiger partial charge on any atom is -0.611 e. The Labute approximate surface area is 201 Å². The average Bonchev–Trinajstić information content (AvgIpc) is 3.29. The van der Waals surface area contributed by atoms with Gasteiger partial charge in [-0.05, 0) is 55.2 Å². The maximum Gasteiger partial charge on any atom is 0.279 e. The second-order valence-corrected chi connectivity index (χ2v) is 9.26. The molecule has 1 amide bonds. The van der Waals surface area contributed by atoms with Crippen molar-refractivity contribution in [3.8, 4) is 5.88 Å². The minimum absolute atomic E-state index is 0.0476. The van der Waals surface area contributed by atoms with Crippen LogP contribution in [0.4, 0.5) is 5.82 Å². The van der Waals surface area contributed by atoms with Crippen molar-refractivity contribution in [3.05, 3.63) is 42.2 Å². The number of methoxy groups -OCH3 is 1. The Bertz CT molecular complexity index is 941. The van der Waals surface area contributed by atoms with Crippen LogP contribution >= 0.6 is 0 Å². The van der Waals surface area contributed by atoms with Gasteiger partial charge >= 0.3 is 0 Å². The summed E-state index contributed by atoms with van der Waals surface area (Å²) in [6, 6.07) is 6.79. The number of ether oxygens (including phenoxy) is 2. The lowest BCUT2D eigenvalue weighted by Gasteiger charge is -2.13. The van der Waals surface area contributed by atoms with Crippen LogP contribution in [0.2, 0.25) is 0 Å². The van der Waals surface area contributed by atoms with Gasteiger partial charge in [-0.1, -0.05) is 5.16 Å². The molecule has 34 heavy (non-hydrogen) atoms. The predicted octanol–water partition coefficient (Wildman–Crippen LogP) is 2.64. The summed E-state index contributed by atoms with van der Waals surface area (Å²) in [7, 11) is 1.61. The van der Waals surface area contributed by atoms with E-state index in [4.69, 9.17) is 14.3 Å². The normalized spacial score (nSPS) is 19.1. The van der Waals surface area contributed by atoms with Gasteiger partial charge in [0.15, 0.2) is 16.4 Å². The largest absolute Gasteiger partial charge is 0.611 e. The Morgan fingerprint density at radius 1 is 1.24 bits per heavy atom. The highest BCUT2D eigenvalue weighted by Crippen LogP contribution is 2.25. The number of amides is 1. The summed E-state index contributed by atoms with van der Waals surface area (Å²) in [5.74, 6) is -0.161. The molecule has 1 heterocycles. The first-order valence-electron chi connectivity index (χ1n) is 11.2. The lowest BCUT2D eigenvalue weighted by Crippen LogP contribution is -2.25. The zero-order valence-electron chi connectivity index (χ0n) is 19.3. The van der Waals surface area contributed by atoms with Crippen molar-refractivity contribution in [2.24, 2.45) is 5.16 Å². The highest BCUT2D eigenvalue weighted by Gasteiger charge is 2.27. The van der Waals surface area contributed by atoms with Gasteiger partial charge < -0.3 is 29.3 Å². The maximum atomic E-state index is 13.0. The lowest BCUT2D eigenvalue weighted by atomic mass is 10.1. The van der Waals surface area contributed by atoms with E-state index in [1.54, 1.807) is 31.4 Å². The van der Waals surface area contributed by atoms with Crippen molar-refractivity contribution in [2.45, 2.75) is 49.7 Å². The number of aromatic hydroxyl groups is 1. The van der Waals surface area contributed by atoms with Crippen molar-refractivity contribution >= 4 is 28.6 Å². The maximum absolute atomic E-state index is 13.0. The molecule has 0 bridgehead atoms. The Hall–Kier alpha value is -2.73. The van der Waals surface area contributed by atoms with E-state index >= 15 is 0 Å². The van der Waals surface area contributed by atoms with Crippen molar-refractivity contribution in [2.75, 3.05) is 31.4 Å². The fourth-order valence-electron chi connectivity index (χ4n) is 3.51. The van der Waals surface area contributed by atoms with E-state index in [2.05, 4.69) is 20.4 Å². The molecule has 1 aliphatic rings. The first kappa shape index (κ1) is 25.9. The van der Waals surface area contributed by atoms with Crippen LogP contribution in [0.1, 0.15) is 38.2 Å². The van der Waals surface area contributed by atoms with Gasteiger partial charge in [-0.2, -0.15) is 0 Å². The number of hydrogen-bond acceptors (Lipinski definition) is 9. The molecule has 3 atom stereocenters. The van der Waals surface area contributed by atoms with E-state index in [9.17, 15) is 14.5 Å². The minimum atomic E-state index is -1.17. The van der Waals surface area contributed by atoms with E-state index in [-0.39, 0.29) is 29.6 Å². The molecule has 184 valence electrons. The van der Waals surface area contributed by atoms with Crippen LogP contribution in [0.3, 0.4) is 0 Å². The molecule has 0 aliphatic heterocycles. The molecule has 0 spiro atoms. The molecule has 1 aromatic carbocycles. The molecule has 2 N–H and O–H groups in total. The molecule has 0 saturated heterocycles. The van der Waals surface area contributed by atoms with Crippen molar-refractivity contribution in [1.29, 1.82) is 0 Å². The Morgan fingerprint density at radius 2 is 2.00 bits per heavy atom. The third kappa shape index (κ3) is 7.66. The van der Waals surface area contributed by atoms with Gasteiger partial charge in [0, 0.05) is 32.1 Å². The summed E-state index contributed by atoms with van der Waals surface area (Å²) >= 11 is -1.17. The number of oxime groups is 1. The molecule has 10 nitrogen and oxygen atoms in total. The molecule has 1 fully saturated rings. The standard InChI is InChI=1S/C23H30N4O6S/c1-3-32-17-7-8-18(13-17)33-27-22(23(29)26-20-14-25-21(28)15-24-20)16-5-9-19(10-6-16)34(30)12-4-11-31-2/h5-6,9-10,14-15,17-18H,3-4,7-8,11-13H2,1-2H3,(H,25,28)(H,24,26,29)/b27-22+/t17-,18-,34?/m1/s1. The number of nitrogens with one attached hydrogen (secondary N) is 1. The fourth-order valence-corrected chi connectivity index (χ4v) is 4.57. The third-order valence-corrected chi connectivity index (χ3v) is 6.65. The summed E-state index contributed by atoms with van der Waals surface area (Å²) in [5.41, 5.74) is 0.549. The van der Waals surface area contributed by atoms with E-state index < -0.39 is 17.1 Å². The highest BCUT2D eigenvalue weighted by atomic mass is 32.2. The molecular weight excluding hydrogens is 460 g/mol. The first-order chi connectivity index (χ1) is 16.5. The van der Waals surface area contributed by atoms with Crippen LogP contribution in [0.5, 0.6) is 5.88 Å². The van der Waals surface area contributed by atoms with Crippen LogP contribution in [-0.2, 0) is 30.3 Å². The predicted molar refractivity (Wildman–Crippen MR) is 127 cm³/mol. The van der Waals surface area contributed by atoms with Gasteiger partial charge in [0.25, 0.3) is 5.91 Å². The SMILES string of the molecule is CCO[C@@H]1CC[C@@H](O/N=C(/C(=O)Nc2cnc(O)cn2)c2ccc([S+]([O-])CCCOC)cc2)C1. The van der Waals surface area contributed by atoms with E-state index in [0.717, 1.165) is 19.0 Å². The molecule has 1 aromatic heterocycles. The summed E-state index contributed by atoms with van der Waals surface area (Å²) in [5, 5.41) is 16.1. The monoisotopic (exact) mass is 490 g/mol. The molecular formula is C23H30N4O6S. The van der Waals surface area contributed by atoms with Crippen LogP contribution < -0.4 is 5.32 Å². The number of nitrogens with zero attached hydrogens (tertiary/aromatic N) is 3. The number of carbonyl (C=O) groups is 1. The summed E-state index contributed by atoms with van der Waals surface area (Å²) in [6.45, 7) is 3.14. The topological polar surface area (TPSA) is 138 Å². The molecule has 1 unspecified atom stereocenters. The quantitative estimate of drug-likeness (QED) is 0.200. The molecule has 11 heteroatoms. The second kappa shape index (κ2) is 13.2. The number of aromatic nitrogens is 2. The molecule has 3 rings (SSSR count). The van der Waals surface area contributed by atoms with Gasteiger partial charge in [0.2, 0.25) is 5.88 Å². The number of anilines is 1. The molecule has 1 aliphatic carbocycles. The van der Waals surface area contributed by atoms with Crippen LogP contribution in [0.15, 0.2) is 46.7 Å². The number of benzene rings is 1. The fraction of sp³-hybridized carbons (Fsp3) is 0.478. The van der Waals surface area contributed by atoms with Crippen molar-refractivity contribution in [1.82, 2.24) is 9.97 Å². The Morgan fingerprint density at radius 3 is 2.68 bits per heavy atom. The van der Waals surface area contributed by atoms with Crippen LogP contribution in [0.25, 0.3) is 0 Å². The van der Waals surface area contributed by atoms with Gasteiger partial charge in [-0.25, -0.2) is 9.97 Å². The zero-order valence-corrected chi connectivity index (χ0v) is 20.1. The van der Waals surface area contributed by atoms with Crippen molar-refractivity contribution in [3.63, 3.8) is 0 Å². The van der Waals surface area contributed by atoms with Gasteiger partial charge in [-0.3, -0.25) is 4.79 Å². The van der Waals surface area contributed by atoms with E-state index in [1.165, 1.54) is 6.20 Å². The first-order valence-corrected chi connectivity index (χ1v) is 12.5. The van der Waals surface area contributed by atoms with Gasteiger partial charge in [0.05, 0.1) is 25.1 Å². The highest BCUT2D eigenvalue weighted by molar-refractivity contribution is 7.91. The number of carbonyl (C=O) groups excluding carboxylic acids is 1. The summed E-state index contributed by atoms with van der Waals surface area (Å²) in [6.07, 6.45) is 5.39. The van der Waals surface area contributed by atoms with Crippen LogP contribution in [-0.4, -0.2) is 69.5 Å². The molecule has 0 radical (unpaired) electrons. The van der Waals surface area contributed by atoms with Crippen molar-refractivity contribution < 1.29 is 28.8 Å². The average molecular weight is 491 g/mol. The Balaban J connectivity index is 1.75. The smallest absolute Gasteiger partial charge is 0.279 e. The lowest BCUT2D eigenvalue weighted by molar-refractivity contribution is -0.110. The van der Waals surface area contributed by atoms with Gasteiger partial charge in [-0.15, -0.1) is 0 Å². The molecule has 1 saturated carbocycles. The van der Waals surface area contributed by atoms with Gasteiger partial charge in [0.1, 0.15) is 11.9 Å². The Kier molecular flexibility index (Phi) is 10.1. The van der Waals surface area contributed by atoms with E-state index in [1.807, 2.05) is 6.92 Å².